The maximum atomic E-state index is 11.2. The Labute approximate surface area is 223 Å². The number of para-hydroxylation sites is 1. The highest BCUT2D eigenvalue weighted by Gasteiger charge is 2.38. The number of carboxylic acid groups (broad SMARTS) is 2. The molecule has 0 amide bonds. The molecule has 4 N–H and O–H groups in total. The first kappa shape index (κ1) is 29.7. The van der Waals surface area contributed by atoms with E-state index in [-0.39, 0.29) is 12.5 Å². The second-order valence-corrected chi connectivity index (χ2v) is 9.86. The van der Waals surface area contributed by atoms with Gasteiger partial charge in [0.25, 0.3) is 0 Å². The number of hydrogen-bond acceptors (Lipinski definition) is 6. The molecule has 12 heteroatoms. The molecule has 208 valence electrons. The van der Waals surface area contributed by atoms with Crippen LogP contribution in [-0.2, 0) is 22.6 Å². The molecule has 8 nitrogen and oxygen atoms in total. The van der Waals surface area contributed by atoms with E-state index in [0.29, 0.717) is 19.1 Å². The molecule has 2 aromatic rings. The van der Waals surface area contributed by atoms with Gasteiger partial charge in [-0.15, -0.1) is 0 Å². The van der Waals surface area contributed by atoms with Crippen molar-refractivity contribution in [3.63, 3.8) is 0 Å². The van der Waals surface area contributed by atoms with Crippen LogP contribution in [-0.4, -0.2) is 82.7 Å². The van der Waals surface area contributed by atoms with Crippen LogP contribution in [0.4, 0.5) is 18.9 Å². The Kier molecular flexibility index (Phi) is 10.4. The summed E-state index contributed by atoms with van der Waals surface area (Å²) in [6.45, 7) is 4.18. The van der Waals surface area contributed by atoms with Gasteiger partial charge in [-0.2, -0.15) is 13.2 Å². The Hall–Kier alpha value is -2.86. The van der Waals surface area contributed by atoms with E-state index in [9.17, 15) is 28.2 Å². The zero-order valence-corrected chi connectivity index (χ0v) is 21.3. The van der Waals surface area contributed by atoms with Crippen molar-refractivity contribution in [3.05, 3.63) is 64.7 Å². The summed E-state index contributed by atoms with van der Waals surface area (Å²) < 4.78 is 31.7. The number of β-amino-alcohol motifs (C(OH)–C–C–N with tert-alkyl or cyclic N) is 1. The second-order valence-electron chi connectivity index (χ2n) is 9.42. The first-order valence-corrected chi connectivity index (χ1v) is 12.6. The fourth-order valence-electron chi connectivity index (χ4n) is 4.69. The number of aliphatic hydroxyl groups is 1. The van der Waals surface area contributed by atoms with Crippen molar-refractivity contribution in [2.24, 2.45) is 0 Å². The summed E-state index contributed by atoms with van der Waals surface area (Å²) in [5.41, 5.74) is 2.97. The average molecular weight is 558 g/mol. The molecule has 2 aromatic carbocycles. The molecule has 0 aliphatic carbocycles. The number of anilines is 1. The van der Waals surface area contributed by atoms with Crippen molar-refractivity contribution in [1.29, 1.82) is 0 Å². The van der Waals surface area contributed by atoms with Crippen molar-refractivity contribution in [1.82, 2.24) is 10.2 Å². The van der Waals surface area contributed by atoms with Gasteiger partial charge in [-0.3, -0.25) is 9.69 Å². The number of likely N-dealkylation sites (tertiary alicyclic amines) is 1. The molecule has 0 bridgehead atoms. The van der Waals surface area contributed by atoms with Crippen LogP contribution in [0.25, 0.3) is 0 Å². The first-order chi connectivity index (χ1) is 17.9. The third-order valence-corrected chi connectivity index (χ3v) is 6.81. The summed E-state index contributed by atoms with van der Waals surface area (Å²) in [6, 6.07) is 16.0. The molecular weight excluding hydrogens is 527 g/mol. The smallest absolute Gasteiger partial charge is 0.481 e. The number of nitrogens with one attached hydrogen (secondary N) is 1. The molecule has 2 atom stereocenters. The monoisotopic (exact) mass is 557 g/mol. The van der Waals surface area contributed by atoms with Crippen molar-refractivity contribution < 1.29 is 38.1 Å². The van der Waals surface area contributed by atoms with Gasteiger partial charge in [0.1, 0.15) is 0 Å². The lowest BCUT2D eigenvalue weighted by Crippen LogP contribution is -2.49. The zero-order chi connectivity index (χ0) is 27.9. The minimum atomic E-state index is -5.08. The number of carbonyl (C=O) groups is 2. The van der Waals surface area contributed by atoms with Crippen LogP contribution >= 0.6 is 11.6 Å². The summed E-state index contributed by atoms with van der Waals surface area (Å²) in [5, 5.41) is 31.4. The molecule has 0 aromatic heterocycles. The normalized spacial score (nSPS) is 20.6. The molecule has 2 aliphatic rings. The third kappa shape index (κ3) is 8.87. The van der Waals surface area contributed by atoms with Crippen molar-refractivity contribution in [2.45, 2.75) is 50.2 Å². The van der Waals surface area contributed by atoms with E-state index < -0.39 is 24.2 Å². The lowest BCUT2D eigenvalue weighted by molar-refractivity contribution is -0.192. The molecule has 2 fully saturated rings. The number of aliphatic carboxylic acids is 2. The van der Waals surface area contributed by atoms with Gasteiger partial charge < -0.3 is 25.5 Å². The molecule has 0 unspecified atom stereocenters. The molecule has 2 aliphatic heterocycles. The number of carboxylic acids is 2. The van der Waals surface area contributed by atoms with Gasteiger partial charge in [-0.1, -0.05) is 41.9 Å². The summed E-state index contributed by atoms with van der Waals surface area (Å²) in [7, 11) is 0. The van der Waals surface area contributed by atoms with E-state index >= 15 is 0 Å². The number of alkyl halides is 3. The Bertz CT molecular complexity index is 1080. The van der Waals surface area contributed by atoms with Crippen molar-refractivity contribution in [3.8, 4) is 0 Å². The first-order valence-electron chi connectivity index (χ1n) is 12.2. The molecule has 4 rings (SSSR count). The van der Waals surface area contributed by atoms with Gasteiger partial charge >= 0.3 is 18.1 Å². The van der Waals surface area contributed by atoms with E-state index in [0.717, 1.165) is 48.7 Å². The Balaban J connectivity index is 0.000000505. The highest BCUT2D eigenvalue weighted by atomic mass is 35.5. The van der Waals surface area contributed by atoms with E-state index in [1.165, 1.54) is 5.56 Å². The number of halogens is 4. The van der Waals surface area contributed by atoms with Crippen LogP contribution in [0.15, 0.2) is 48.5 Å². The number of benzene rings is 2. The Morgan fingerprint density at radius 1 is 1.00 bits per heavy atom. The standard InChI is InChI=1S/C24H30ClN3O3.C2HF3O2/c25-19-7-5-17(6-8-19)14-27-11-9-20(10-12-27)26-21-15-28(16-23(21)29)22-4-2-1-3-18(22)13-24(30)31;3-2(4,5)1(6)7/h1-8,20-21,23,26,29H,9-16H2,(H,30,31);(H,6,7)/t21-,23-;/m1./s1. The van der Waals surface area contributed by atoms with Crippen LogP contribution in [0.5, 0.6) is 0 Å². The van der Waals surface area contributed by atoms with Crippen molar-refractivity contribution >= 4 is 29.2 Å². The number of nitrogens with zero attached hydrogens (tertiary/aromatic N) is 2. The number of aliphatic hydroxyl groups excluding tert-OH is 1. The third-order valence-electron chi connectivity index (χ3n) is 6.56. The SMILES string of the molecule is O=C(O)C(F)(F)F.O=C(O)Cc1ccccc1N1C[C@@H](O)[C@H](NC2CCN(Cc3ccc(Cl)cc3)CC2)C1. The summed E-state index contributed by atoms with van der Waals surface area (Å²) in [4.78, 5) is 24.7. The van der Waals surface area contributed by atoms with E-state index in [1.807, 2.05) is 36.4 Å². The van der Waals surface area contributed by atoms with E-state index in [1.54, 1.807) is 0 Å². The highest BCUT2D eigenvalue weighted by Crippen LogP contribution is 2.26. The summed E-state index contributed by atoms with van der Waals surface area (Å²) >= 11 is 5.97. The Morgan fingerprint density at radius 3 is 2.18 bits per heavy atom. The maximum absolute atomic E-state index is 11.2. The topological polar surface area (TPSA) is 113 Å². The lowest BCUT2D eigenvalue weighted by Gasteiger charge is -2.34. The fraction of sp³-hybridized carbons (Fsp3) is 0.462. The fourth-order valence-corrected chi connectivity index (χ4v) is 4.81. The summed E-state index contributed by atoms with van der Waals surface area (Å²) in [5.74, 6) is -3.60. The van der Waals surface area contributed by atoms with Gasteiger partial charge in [0.2, 0.25) is 0 Å². The number of piperidine rings is 1. The molecular formula is C26H31ClF3N3O5. The van der Waals surface area contributed by atoms with Crippen LogP contribution in [0.2, 0.25) is 5.02 Å². The Morgan fingerprint density at radius 2 is 1.61 bits per heavy atom. The van der Waals surface area contributed by atoms with Gasteiger partial charge in [0.15, 0.2) is 0 Å². The van der Waals surface area contributed by atoms with Gasteiger partial charge in [-0.05, 0) is 55.3 Å². The van der Waals surface area contributed by atoms with Crippen molar-refractivity contribution in [2.75, 3.05) is 31.1 Å². The lowest BCUT2D eigenvalue weighted by atomic mass is 10.0. The van der Waals surface area contributed by atoms with E-state index in [4.69, 9.17) is 21.5 Å². The molecule has 0 spiro atoms. The minimum Gasteiger partial charge on any atom is -0.481 e. The predicted octanol–water partition coefficient (Wildman–Crippen LogP) is 3.40. The zero-order valence-electron chi connectivity index (χ0n) is 20.6. The number of hydrogen-bond donors (Lipinski definition) is 4. The largest absolute Gasteiger partial charge is 0.490 e. The van der Waals surface area contributed by atoms with Crippen LogP contribution in [0.3, 0.4) is 0 Å². The second kappa shape index (κ2) is 13.3. The van der Waals surface area contributed by atoms with Crippen LogP contribution < -0.4 is 10.2 Å². The number of rotatable bonds is 7. The predicted molar refractivity (Wildman–Crippen MR) is 136 cm³/mol. The van der Waals surface area contributed by atoms with Gasteiger partial charge in [0, 0.05) is 36.4 Å². The quantitative estimate of drug-likeness (QED) is 0.410. The molecule has 2 saturated heterocycles. The summed E-state index contributed by atoms with van der Waals surface area (Å²) in [6.07, 6.45) is -3.46. The molecule has 38 heavy (non-hydrogen) atoms. The van der Waals surface area contributed by atoms with Gasteiger partial charge in [-0.25, -0.2) is 4.79 Å². The van der Waals surface area contributed by atoms with Gasteiger partial charge in [0.05, 0.1) is 18.6 Å². The molecule has 0 radical (unpaired) electrons. The van der Waals surface area contributed by atoms with E-state index in [2.05, 4.69) is 27.2 Å². The van der Waals surface area contributed by atoms with Crippen LogP contribution in [0.1, 0.15) is 24.0 Å². The molecule has 0 saturated carbocycles. The highest BCUT2D eigenvalue weighted by molar-refractivity contribution is 6.30. The van der Waals surface area contributed by atoms with Crippen LogP contribution in [0, 0.1) is 0 Å². The average Bonchev–Trinajstić information content (AvgIpc) is 3.21. The molecule has 2 heterocycles. The minimum absolute atomic E-state index is 0.00700. The maximum Gasteiger partial charge on any atom is 0.490 e.